The molecule has 1 aromatic carbocycles. The number of halogens is 2. The summed E-state index contributed by atoms with van der Waals surface area (Å²) < 4.78 is 12.1. The second kappa shape index (κ2) is 8.35. The molecule has 0 amide bonds. The molecule has 0 aliphatic carbocycles. The monoisotopic (exact) mass is 392 g/mol. The summed E-state index contributed by atoms with van der Waals surface area (Å²) in [6, 6.07) is 3.60. The summed E-state index contributed by atoms with van der Waals surface area (Å²) in [6.45, 7) is 1.20. The zero-order valence-electron chi connectivity index (χ0n) is 10.4. The molecule has 1 N–H and O–H groups in total. The predicted molar refractivity (Wildman–Crippen MR) is 80.5 cm³/mol. The number of benzene rings is 1. The van der Waals surface area contributed by atoms with E-state index < -0.39 is 5.97 Å². The zero-order valence-corrected chi connectivity index (χ0v) is 13.5. The summed E-state index contributed by atoms with van der Waals surface area (Å²) in [4.78, 5) is 10.5. The molecule has 0 bridgehead atoms. The number of rotatable bonds is 7. The molecule has 0 aliphatic heterocycles. The highest BCUT2D eigenvalue weighted by Gasteiger charge is 2.08. The number of carbonyl (C=O) groups is 1. The van der Waals surface area contributed by atoms with Crippen LogP contribution in [0, 0.1) is 0 Å². The zero-order chi connectivity index (χ0) is 14.3. The summed E-state index contributed by atoms with van der Waals surface area (Å²) in [6.07, 6.45) is 3.41. The third-order valence-electron chi connectivity index (χ3n) is 2.18. The average molecular weight is 394 g/mol. The fourth-order valence-electron chi connectivity index (χ4n) is 1.36. The average Bonchev–Trinajstić information content (AvgIpc) is 2.34. The third-order valence-corrected chi connectivity index (χ3v) is 3.36. The van der Waals surface area contributed by atoms with E-state index in [4.69, 9.17) is 14.6 Å². The quantitative estimate of drug-likeness (QED) is 0.566. The van der Waals surface area contributed by atoms with E-state index in [0.29, 0.717) is 19.0 Å². The molecule has 0 spiro atoms. The van der Waals surface area contributed by atoms with Gasteiger partial charge in [0.15, 0.2) is 0 Å². The van der Waals surface area contributed by atoms with Crippen LogP contribution in [-0.2, 0) is 9.53 Å². The molecule has 1 rings (SSSR count). The van der Waals surface area contributed by atoms with Gasteiger partial charge in [-0.1, -0.05) is 0 Å². The highest BCUT2D eigenvalue weighted by Crippen LogP contribution is 2.35. The number of hydrogen-bond acceptors (Lipinski definition) is 3. The van der Waals surface area contributed by atoms with E-state index in [2.05, 4.69) is 31.9 Å². The molecule has 0 unspecified atom stereocenters. The van der Waals surface area contributed by atoms with Gasteiger partial charge in [0, 0.05) is 26.2 Å². The van der Waals surface area contributed by atoms with Gasteiger partial charge >= 0.3 is 5.97 Å². The smallest absolute Gasteiger partial charge is 0.328 e. The van der Waals surface area contributed by atoms with Gasteiger partial charge in [-0.25, -0.2) is 4.79 Å². The first kappa shape index (κ1) is 16.2. The minimum absolute atomic E-state index is 0.551. The number of ether oxygens (including phenoxy) is 2. The maximum atomic E-state index is 10.5. The van der Waals surface area contributed by atoms with Crippen LogP contribution in [0.3, 0.4) is 0 Å². The predicted octanol–water partition coefficient (Wildman–Crippen LogP) is 3.72. The van der Waals surface area contributed by atoms with E-state index in [1.165, 1.54) is 6.08 Å². The van der Waals surface area contributed by atoms with Crippen LogP contribution in [0.5, 0.6) is 5.75 Å². The first-order chi connectivity index (χ1) is 9.04. The number of carboxylic acids is 1. The fraction of sp³-hybridized carbons (Fsp3) is 0.308. The second-order valence-electron chi connectivity index (χ2n) is 3.68. The van der Waals surface area contributed by atoms with Gasteiger partial charge in [0.25, 0.3) is 0 Å². The lowest BCUT2D eigenvalue weighted by Crippen LogP contribution is -2.02. The highest BCUT2D eigenvalue weighted by atomic mass is 79.9. The summed E-state index contributed by atoms with van der Waals surface area (Å²) in [5.41, 5.74) is 0.769. The lowest BCUT2D eigenvalue weighted by atomic mass is 10.2. The molecule has 0 radical (unpaired) electrons. The van der Waals surface area contributed by atoms with Crippen molar-refractivity contribution in [1.82, 2.24) is 0 Å². The van der Waals surface area contributed by atoms with Crippen molar-refractivity contribution in [3.8, 4) is 5.75 Å². The maximum Gasteiger partial charge on any atom is 0.328 e. The number of aliphatic carboxylic acids is 1. The molecule has 6 heteroatoms. The van der Waals surface area contributed by atoms with Crippen LogP contribution >= 0.6 is 31.9 Å². The Balaban J connectivity index is 2.76. The second-order valence-corrected chi connectivity index (χ2v) is 5.39. The first-order valence-electron chi connectivity index (χ1n) is 5.56. The summed E-state index contributed by atoms with van der Waals surface area (Å²) >= 11 is 6.81. The van der Waals surface area contributed by atoms with Gasteiger partial charge in [-0.05, 0) is 55.6 Å². The van der Waals surface area contributed by atoms with E-state index in [1.54, 1.807) is 19.2 Å². The Morgan fingerprint density at radius 3 is 2.47 bits per heavy atom. The molecule has 0 fully saturated rings. The molecule has 104 valence electrons. The Hall–Kier alpha value is -0.850. The van der Waals surface area contributed by atoms with Crippen molar-refractivity contribution >= 4 is 43.9 Å². The van der Waals surface area contributed by atoms with Gasteiger partial charge < -0.3 is 14.6 Å². The Kier molecular flexibility index (Phi) is 7.12. The fourth-order valence-corrected chi connectivity index (χ4v) is 2.81. The number of hydrogen-bond donors (Lipinski definition) is 1. The molecule has 0 saturated heterocycles. The Morgan fingerprint density at radius 1 is 1.32 bits per heavy atom. The van der Waals surface area contributed by atoms with Crippen molar-refractivity contribution < 1.29 is 19.4 Å². The van der Waals surface area contributed by atoms with Crippen molar-refractivity contribution in [2.45, 2.75) is 6.42 Å². The Morgan fingerprint density at radius 2 is 1.95 bits per heavy atom. The third kappa shape index (κ3) is 5.76. The van der Waals surface area contributed by atoms with E-state index >= 15 is 0 Å². The van der Waals surface area contributed by atoms with Gasteiger partial charge in [-0.2, -0.15) is 0 Å². The molecule has 0 aliphatic rings. The largest absolute Gasteiger partial charge is 0.491 e. The lowest BCUT2D eigenvalue weighted by molar-refractivity contribution is -0.131. The van der Waals surface area contributed by atoms with Crippen molar-refractivity contribution in [1.29, 1.82) is 0 Å². The minimum atomic E-state index is -0.980. The first-order valence-corrected chi connectivity index (χ1v) is 7.15. The van der Waals surface area contributed by atoms with E-state index in [-0.39, 0.29) is 0 Å². The van der Waals surface area contributed by atoms with Crippen molar-refractivity contribution in [3.63, 3.8) is 0 Å². The van der Waals surface area contributed by atoms with Crippen LogP contribution in [-0.4, -0.2) is 31.4 Å². The molecule has 1 aromatic rings. The topological polar surface area (TPSA) is 55.8 Å². The van der Waals surface area contributed by atoms with Crippen LogP contribution in [0.2, 0.25) is 0 Å². The van der Waals surface area contributed by atoms with Gasteiger partial charge in [-0.15, -0.1) is 0 Å². The SMILES string of the molecule is COCCCOc1c(Br)cc(/C=C/C(=O)O)cc1Br. The van der Waals surface area contributed by atoms with E-state index in [1.807, 2.05) is 0 Å². The molecule has 0 saturated carbocycles. The van der Waals surface area contributed by atoms with E-state index in [9.17, 15) is 4.79 Å². The van der Waals surface area contributed by atoms with Crippen molar-refractivity contribution in [3.05, 3.63) is 32.7 Å². The number of methoxy groups -OCH3 is 1. The summed E-state index contributed by atoms with van der Waals surface area (Å²) in [5.74, 6) is -0.282. The molecule has 0 heterocycles. The van der Waals surface area contributed by atoms with E-state index in [0.717, 1.165) is 27.0 Å². The van der Waals surface area contributed by atoms with Crippen LogP contribution in [0.4, 0.5) is 0 Å². The molecule has 4 nitrogen and oxygen atoms in total. The minimum Gasteiger partial charge on any atom is -0.491 e. The van der Waals surface area contributed by atoms with Gasteiger partial charge in [0.1, 0.15) is 5.75 Å². The standard InChI is InChI=1S/C13H14Br2O4/c1-18-5-2-6-19-13-10(14)7-9(8-11(13)15)3-4-12(16)17/h3-4,7-8H,2,5-6H2,1H3,(H,16,17)/b4-3+. The molecule has 19 heavy (non-hydrogen) atoms. The van der Waals surface area contributed by atoms with Gasteiger partial charge in [-0.3, -0.25) is 0 Å². The number of carboxylic acid groups (broad SMARTS) is 1. The summed E-state index contributed by atoms with van der Waals surface area (Å²) in [5, 5.41) is 8.59. The molecule has 0 aromatic heterocycles. The van der Waals surface area contributed by atoms with Crippen LogP contribution in [0.25, 0.3) is 6.08 Å². The molecule has 0 atom stereocenters. The Labute approximate surface area is 128 Å². The van der Waals surface area contributed by atoms with Crippen LogP contribution in [0.1, 0.15) is 12.0 Å². The van der Waals surface area contributed by atoms with Crippen molar-refractivity contribution in [2.75, 3.05) is 20.3 Å². The van der Waals surface area contributed by atoms with Gasteiger partial charge in [0.2, 0.25) is 0 Å². The van der Waals surface area contributed by atoms with Crippen LogP contribution < -0.4 is 4.74 Å². The van der Waals surface area contributed by atoms with Crippen LogP contribution in [0.15, 0.2) is 27.2 Å². The molecular formula is C13H14Br2O4. The highest BCUT2D eigenvalue weighted by molar-refractivity contribution is 9.11. The normalized spacial score (nSPS) is 10.9. The lowest BCUT2D eigenvalue weighted by Gasteiger charge is -2.11. The van der Waals surface area contributed by atoms with Gasteiger partial charge in [0.05, 0.1) is 15.6 Å². The maximum absolute atomic E-state index is 10.5. The molecular weight excluding hydrogens is 380 g/mol. The Bertz CT molecular complexity index is 449. The summed E-state index contributed by atoms with van der Waals surface area (Å²) in [7, 11) is 1.65. The van der Waals surface area contributed by atoms with Crippen molar-refractivity contribution in [2.24, 2.45) is 0 Å².